The molecule has 2 atom stereocenters. The first-order valence-electron chi connectivity index (χ1n) is 4.61. The average Bonchev–Trinajstić information content (AvgIpc) is 2.66. The van der Waals surface area contributed by atoms with Crippen LogP contribution in [0.3, 0.4) is 0 Å². The van der Waals surface area contributed by atoms with Crippen LogP contribution in [0.15, 0.2) is 12.2 Å². The van der Waals surface area contributed by atoms with Gasteiger partial charge in [-0.1, -0.05) is 18.9 Å². The molecular weight excluding hydrogens is 134 g/mol. The maximum atomic E-state index is 3.87. The van der Waals surface area contributed by atoms with Crippen molar-refractivity contribution in [1.29, 1.82) is 0 Å². The molecule has 64 valence electrons. The molecule has 0 aromatic rings. The molecular formula is C10H19N. The minimum Gasteiger partial charge on any atom is -0.313 e. The third-order valence-corrected chi connectivity index (χ3v) is 2.41. The summed E-state index contributed by atoms with van der Waals surface area (Å²) in [5.41, 5.74) is 1.28. The van der Waals surface area contributed by atoms with Crippen molar-refractivity contribution in [1.82, 2.24) is 5.32 Å². The molecule has 1 nitrogen and oxygen atoms in total. The van der Waals surface area contributed by atoms with Crippen LogP contribution in [0.1, 0.15) is 33.1 Å². The first kappa shape index (κ1) is 8.79. The largest absolute Gasteiger partial charge is 0.313 e. The second-order valence-electron chi connectivity index (χ2n) is 3.67. The maximum Gasteiger partial charge on any atom is 0.00991 e. The van der Waals surface area contributed by atoms with Gasteiger partial charge in [-0.3, -0.25) is 0 Å². The average molecular weight is 153 g/mol. The Morgan fingerprint density at radius 2 is 2.36 bits per heavy atom. The monoisotopic (exact) mass is 153 g/mol. The SMILES string of the molecule is C=C(C)CCNC1CC1CC. The highest BCUT2D eigenvalue weighted by Gasteiger charge is 2.34. The van der Waals surface area contributed by atoms with Gasteiger partial charge in [0.15, 0.2) is 0 Å². The Kier molecular flexibility index (Phi) is 3.13. The van der Waals surface area contributed by atoms with Crippen LogP contribution in [-0.4, -0.2) is 12.6 Å². The molecule has 1 aliphatic rings. The predicted octanol–water partition coefficient (Wildman–Crippen LogP) is 2.34. The third kappa shape index (κ3) is 3.06. The van der Waals surface area contributed by atoms with Gasteiger partial charge in [0.05, 0.1) is 0 Å². The van der Waals surface area contributed by atoms with E-state index in [1.54, 1.807) is 0 Å². The topological polar surface area (TPSA) is 12.0 Å². The summed E-state index contributed by atoms with van der Waals surface area (Å²) < 4.78 is 0. The van der Waals surface area contributed by atoms with Gasteiger partial charge in [-0.2, -0.15) is 0 Å². The molecule has 2 unspecified atom stereocenters. The van der Waals surface area contributed by atoms with Crippen molar-refractivity contribution in [2.24, 2.45) is 5.92 Å². The molecule has 0 bridgehead atoms. The Hall–Kier alpha value is -0.300. The van der Waals surface area contributed by atoms with Crippen LogP contribution >= 0.6 is 0 Å². The van der Waals surface area contributed by atoms with Crippen LogP contribution in [-0.2, 0) is 0 Å². The molecule has 0 aliphatic heterocycles. The molecule has 1 N–H and O–H groups in total. The molecule has 1 fully saturated rings. The van der Waals surface area contributed by atoms with Crippen LogP contribution in [0.2, 0.25) is 0 Å². The number of hydrogen-bond acceptors (Lipinski definition) is 1. The van der Waals surface area contributed by atoms with Crippen LogP contribution < -0.4 is 5.32 Å². The van der Waals surface area contributed by atoms with Gasteiger partial charge in [0.1, 0.15) is 0 Å². The van der Waals surface area contributed by atoms with Crippen molar-refractivity contribution in [2.45, 2.75) is 39.2 Å². The lowest BCUT2D eigenvalue weighted by molar-refractivity contribution is 0.622. The molecule has 0 spiro atoms. The highest BCUT2D eigenvalue weighted by molar-refractivity contribution is 4.94. The first-order valence-corrected chi connectivity index (χ1v) is 4.61. The molecule has 1 heteroatoms. The van der Waals surface area contributed by atoms with E-state index in [4.69, 9.17) is 0 Å². The lowest BCUT2D eigenvalue weighted by Crippen LogP contribution is -2.19. The van der Waals surface area contributed by atoms with Crippen LogP contribution in [0.5, 0.6) is 0 Å². The van der Waals surface area contributed by atoms with Crippen molar-refractivity contribution in [3.8, 4) is 0 Å². The van der Waals surface area contributed by atoms with Gasteiger partial charge in [0.2, 0.25) is 0 Å². The minimum atomic E-state index is 0.833. The Morgan fingerprint density at radius 3 is 2.82 bits per heavy atom. The highest BCUT2D eigenvalue weighted by atomic mass is 15.0. The van der Waals surface area contributed by atoms with Gasteiger partial charge in [0, 0.05) is 6.04 Å². The molecule has 0 aromatic heterocycles. The summed E-state index contributed by atoms with van der Waals surface area (Å²) in [7, 11) is 0. The van der Waals surface area contributed by atoms with E-state index in [2.05, 4.69) is 25.7 Å². The number of hydrogen-bond donors (Lipinski definition) is 1. The lowest BCUT2D eigenvalue weighted by Gasteiger charge is -2.01. The fraction of sp³-hybridized carbons (Fsp3) is 0.800. The van der Waals surface area contributed by atoms with Gasteiger partial charge in [-0.25, -0.2) is 0 Å². The lowest BCUT2D eigenvalue weighted by atomic mass is 10.2. The van der Waals surface area contributed by atoms with E-state index in [1.165, 1.54) is 18.4 Å². The quantitative estimate of drug-likeness (QED) is 0.598. The van der Waals surface area contributed by atoms with Crippen LogP contribution in [0.4, 0.5) is 0 Å². The summed E-state index contributed by atoms with van der Waals surface area (Å²) in [6.45, 7) is 9.35. The van der Waals surface area contributed by atoms with E-state index < -0.39 is 0 Å². The molecule has 11 heavy (non-hydrogen) atoms. The van der Waals surface area contributed by atoms with Gasteiger partial charge in [-0.15, -0.1) is 6.58 Å². The van der Waals surface area contributed by atoms with Crippen molar-refractivity contribution >= 4 is 0 Å². The summed E-state index contributed by atoms with van der Waals surface area (Å²) in [6.07, 6.45) is 3.87. The zero-order chi connectivity index (χ0) is 8.27. The van der Waals surface area contributed by atoms with Gasteiger partial charge in [0.25, 0.3) is 0 Å². The van der Waals surface area contributed by atoms with E-state index >= 15 is 0 Å². The highest BCUT2D eigenvalue weighted by Crippen LogP contribution is 2.32. The standard InChI is InChI=1S/C10H19N/c1-4-9-7-10(9)11-6-5-8(2)3/h9-11H,2,4-7H2,1,3H3. The molecule has 1 rings (SSSR count). The zero-order valence-electron chi connectivity index (χ0n) is 7.69. The van der Waals surface area contributed by atoms with Crippen molar-refractivity contribution < 1.29 is 0 Å². The predicted molar refractivity (Wildman–Crippen MR) is 49.6 cm³/mol. The van der Waals surface area contributed by atoms with Gasteiger partial charge in [-0.05, 0) is 32.2 Å². The van der Waals surface area contributed by atoms with Crippen LogP contribution in [0.25, 0.3) is 0 Å². The summed E-state index contributed by atoms with van der Waals surface area (Å²) in [4.78, 5) is 0. The summed E-state index contributed by atoms with van der Waals surface area (Å²) in [5, 5.41) is 3.53. The third-order valence-electron chi connectivity index (χ3n) is 2.41. The Bertz CT molecular complexity index is 140. The second-order valence-corrected chi connectivity index (χ2v) is 3.67. The maximum absolute atomic E-state index is 3.87. The van der Waals surface area contributed by atoms with Crippen molar-refractivity contribution in [3.63, 3.8) is 0 Å². The molecule has 1 aliphatic carbocycles. The normalized spacial score (nSPS) is 28.5. The molecule has 0 amide bonds. The Labute approximate surface area is 69.9 Å². The minimum absolute atomic E-state index is 0.833. The molecule has 0 aromatic carbocycles. The van der Waals surface area contributed by atoms with E-state index in [9.17, 15) is 0 Å². The second kappa shape index (κ2) is 3.91. The smallest absolute Gasteiger partial charge is 0.00991 e. The molecule has 0 saturated heterocycles. The summed E-state index contributed by atoms with van der Waals surface area (Å²) >= 11 is 0. The van der Waals surface area contributed by atoms with Crippen molar-refractivity contribution in [2.75, 3.05) is 6.54 Å². The summed E-state index contributed by atoms with van der Waals surface area (Å²) in [5.74, 6) is 0.972. The molecule has 0 heterocycles. The molecule has 1 saturated carbocycles. The zero-order valence-corrected chi connectivity index (χ0v) is 7.69. The van der Waals surface area contributed by atoms with E-state index in [0.717, 1.165) is 24.9 Å². The van der Waals surface area contributed by atoms with Crippen molar-refractivity contribution in [3.05, 3.63) is 12.2 Å². The Morgan fingerprint density at radius 1 is 1.64 bits per heavy atom. The van der Waals surface area contributed by atoms with Gasteiger partial charge >= 0.3 is 0 Å². The van der Waals surface area contributed by atoms with E-state index in [0.29, 0.717) is 0 Å². The van der Waals surface area contributed by atoms with E-state index in [-0.39, 0.29) is 0 Å². The van der Waals surface area contributed by atoms with Crippen LogP contribution in [0, 0.1) is 5.92 Å². The number of nitrogens with one attached hydrogen (secondary N) is 1. The fourth-order valence-corrected chi connectivity index (χ4v) is 1.42. The summed E-state index contributed by atoms with van der Waals surface area (Å²) in [6, 6.07) is 0.833. The molecule has 0 radical (unpaired) electrons. The van der Waals surface area contributed by atoms with E-state index in [1.807, 2.05) is 0 Å². The number of rotatable bonds is 5. The first-order chi connectivity index (χ1) is 5.24. The van der Waals surface area contributed by atoms with Gasteiger partial charge < -0.3 is 5.32 Å². The Balaban J connectivity index is 1.93. The fourth-order valence-electron chi connectivity index (χ4n) is 1.42.